The summed E-state index contributed by atoms with van der Waals surface area (Å²) in [5.74, 6) is 2.26. The minimum Gasteiger partial charge on any atom is -0.462 e. The monoisotopic (exact) mass is 357 g/mol. The molecule has 1 aromatic heterocycles. The summed E-state index contributed by atoms with van der Waals surface area (Å²) >= 11 is 1.78. The predicted octanol–water partition coefficient (Wildman–Crippen LogP) is 5.08. The molecule has 0 bridgehead atoms. The van der Waals surface area contributed by atoms with Gasteiger partial charge in [-0.3, -0.25) is 9.78 Å². The summed E-state index contributed by atoms with van der Waals surface area (Å²) in [5, 5.41) is 0. The number of esters is 1. The van der Waals surface area contributed by atoms with Gasteiger partial charge in [-0.25, -0.2) is 0 Å². The smallest absolute Gasteiger partial charge is 0.306 e. The third-order valence-corrected chi connectivity index (χ3v) is 9.01. The zero-order valence-electron chi connectivity index (χ0n) is 15.2. The van der Waals surface area contributed by atoms with Crippen LogP contribution in [0.25, 0.3) is 5.57 Å². The van der Waals surface area contributed by atoms with Crippen LogP contribution in [0.3, 0.4) is 0 Å². The lowest BCUT2D eigenvalue weighted by molar-refractivity contribution is -0.189. The highest BCUT2D eigenvalue weighted by Gasteiger charge is 2.59. The Bertz CT molecular complexity index is 726. The highest BCUT2D eigenvalue weighted by atomic mass is 32.1. The zero-order chi connectivity index (χ0) is 17.2. The number of hydrogen-bond donors (Lipinski definition) is 0. The SMILES string of the molecule is C[C@]12CCC(=O)OC1CC[C@@H]1[C@@H]2CC[C@]2(C)C(c3cncs3)=CC[C@@H]12. The standard InChI is InChI=1S/C21H27NO2S/c1-20-9-7-15-13(3-6-18-21(15,2)10-8-19(23)24-18)14(20)4-5-16(20)17-11-22-12-25-17/h5,11-15,18H,3-4,6-10H2,1-2H3/t13-,14-,15-,18?,20-,21+/m0/s1. The van der Waals surface area contributed by atoms with Crippen LogP contribution in [0.15, 0.2) is 17.8 Å². The number of nitrogens with zero attached hydrogens (tertiary/aromatic N) is 1. The van der Waals surface area contributed by atoms with Crippen LogP contribution in [0.4, 0.5) is 0 Å². The molecule has 0 amide bonds. The average molecular weight is 358 g/mol. The van der Waals surface area contributed by atoms with Gasteiger partial charge in [-0.2, -0.15) is 0 Å². The molecule has 25 heavy (non-hydrogen) atoms. The molecular formula is C21H27NO2S. The molecule has 3 fully saturated rings. The Hall–Kier alpha value is -1.16. The van der Waals surface area contributed by atoms with Crippen molar-refractivity contribution in [2.45, 2.75) is 64.9 Å². The second-order valence-corrected chi connectivity index (χ2v) is 10.0. The summed E-state index contributed by atoms with van der Waals surface area (Å²) in [5.41, 5.74) is 4.02. The molecule has 2 saturated carbocycles. The van der Waals surface area contributed by atoms with Gasteiger partial charge in [0.15, 0.2) is 0 Å². The molecule has 0 N–H and O–H groups in total. The van der Waals surface area contributed by atoms with Crippen LogP contribution in [0.1, 0.15) is 63.7 Å². The maximum absolute atomic E-state index is 11.8. The van der Waals surface area contributed by atoms with Gasteiger partial charge in [-0.05, 0) is 67.3 Å². The molecule has 1 aromatic rings. The Morgan fingerprint density at radius 2 is 2.08 bits per heavy atom. The van der Waals surface area contributed by atoms with Gasteiger partial charge >= 0.3 is 5.97 Å². The Morgan fingerprint density at radius 1 is 1.20 bits per heavy atom. The van der Waals surface area contributed by atoms with Crippen molar-refractivity contribution in [1.82, 2.24) is 4.98 Å². The van der Waals surface area contributed by atoms with E-state index in [1.54, 1.807) is 16.9 Å². The molecule has 0 aromatic carbocycles. The molecule has 6 atom stereocenters. The highest BCUT2D eigenvalue weighted by molar-refractivity contribution is 7.10. The number of rotatable bonds is 1. The first-order valence-corrected chi connectivity index (χ1v) is 10.7. The van der Waals surface area contributed by atoms with Gasteiger partial charge < -0.3 is 4.74 Å². The number of thiazole rings is 1. The lowest BCUT2D eigenvalue weighted by Crippen LogP contribution is -2.56. The van der Waals surface area contributed by atoms with Gasteiger partial charge in [0, 0.05) is 18.0 Å². The number of aromatic nitrogens is 1. The Labute approximate surface area is 153 Å². The number of fused-ring (bicyclic) bond motifs is 5. The summed E-state index contributed by atoms with van der Waals surface area (Å²) < 4.78 is 5.80. The van der Waals surface area contributed by atoms with Crippen molar-refractivity contribution >= 4 is 22.9 Å². The Balaban J connectivity index is 1.45. The number of ether oxygens (including phenoxy) is 1. The van der Waals surface area contributed by atoms with Gasteiger partial charge in [-0.1, -0.05) is 19.9 Å². The third kappa shape index (κ3) is 2.16. The van der Waals surface area contributed by atoms with Crippen LogP contribution < -0.4 is 0 Å². The van der Waals surface area contributed by atoms with E-state index in [1.807, 2.05) is 5.51 Å². The Kier molecular flexibility index (Phi) is 3.48. The second-order valence-electron chi connectivity index (χ2n) is 9.11. The number of hydrogen-bond acceptors (Lipinski definition) is 4. The molecule has 1 aliphatic heterocycles. The van der Waals surface area contributed by atoms with E-state index in [2.05, 4.69) is 31.1 Å². The summed E-state index contributed by atoms with van der Waals surface area (Å²) in [6.07, 6.45) is 12.4. The number of carbonyl (C=O) groups excluding carboxylic acids is 1. The lowest BCUT2D eigenvalue weighted by Gasteiger charge is -2.59. The summed E-state index contributed by atoms with van der Waals surface area (Å²) in [6, 6.07) is 0. The van der Waals surface area contributed by atoms with E-state index in [-0.39, 0.29) is 17.5 Å². The largest absolute Gasteiger partial charge is 0.462 e. The van der Waals surface area contributed by atoms with E-state index in [1.165, 1.54) is 30.6 Å². The molecule has 0 radical (unpaired) electrons. The van der Waals surface area contributed by atoms with Crippen LogP contribution in [-0.4, -0.2) is 17.1 Å². The first-order chi connectivity index (χ1) is 12.0. The van der Waals surface area contributed by atoms with Gasteiger partial charge in [-0.15, -0.1) is 11.3 Å². The summed E-state index contributed by atoms with van der Waals surface area (Å²) in [4.78, 5) is 17.5. The quantitative estimate of drug-likeness (QED) is 0.658. The average Bonchev–Trinajstić information content (AvgIpc) is 3.22. The van der Waals surface area contributed by atoms with Gasteiger partial charge in [0.2, 0.25) is 0 Å². The summed E-state index contributed by atoms with van der Waals surface area (Å²) in [6.45, 7) is 4.91. The molecule has 4 aliphatic rings. The van der Waals surface area contributed by atoms with Crippen LogP contribution in [-0.2, 0) is 9.53 Å². The van der Waals surface area contributed by atoms with Crippen molar-refractivity contribution in [2.75, 3.05) is 0 Å². The van der Waals surface area contributed by atoms with Crippen molar-refractivity contribution < 1.29 is 9.53 Å². The normalized spacial score (nSPS) is 45.8. The van der Waals surface area contributed by atoms with Crippen molar-refractivity contribution in [3.8, 4) is 0 Å². The number of carbonyl (C=O) groups is 1. The molecule has 2 heterocycles. The molecule has 1 unspecified atom stereocenters. The minimum absolute atomic E-state index is 0.0246. The first kappa shape index (κ1) is 16.0. The van der Waals surface area contributed by atoms with Crippen molar-refractivity contribution in [2.24, 2.45) is 28.6 Å². The van der Waals surface area contributed by atoms with E-state index >= 15 is 0 Å². The minimum atomic E-state index is 0.0246. The fraction of sp³-hybridized carbons (Fsp3) is 0.714. The van der Waals surface area contributed by atoms with Crippen LogP contribution in [0.2, 0.25) is 0 Å². The van der Waals surface area contributed by atoms with Crippen molar-refractivity contribution in [3.05, 3.63) is 22.7 Å². The molecule has 134 valence electrons. The topological polar surface area (TPSA) is 39.2 Å². The molecule has 1 saturated heterocycles. The molecule has 3 nitrogen and oxygen atoms in total. The molecular weight excluding hydrogens is 330 g/mol. The van der Waals surface area contributed by atoms with E-state index in [4.69, 9.17) is 4.74 Å². The van der Waals surface area contributed by atoms with Gasteiger partial charge in [0.1, 0.15) is 6.10 Å². The van der Waals surface area contributed by atoms with Crippen LogP contribution in [0, 0.1) is 28.6 Å². The molecule has 5 rings (SSSR count). The lowest BCUT2D eigenvalue weighted by atomic mass is 9.47. The van der Waals surface area contributed by atoms with E-state index < -0.39 is 0 Å². The Morgan fingerprint density at radius 3 is 2.88 bits per heavy atom. The zero-order valence-corrected chi connectivity index (χ0v) is 16.0. The van der Waals surface area contributed by atoms with Crippen LogP contribution >= 0.6 is 11.3 Å². The van der Waals surface area contributed by atoms with E-state index in [0.717, 1.165) is 24.7 Å². The van der Waals surface area contributed by atoms with Gasteiger partial charge in [0.25, 0.3) is 0 Å². The van der Waals surface area contributed by atoms with E-state index in [0.29, 0.717) is 17.8 Å². The van der Waals surface area contributed by atoms with Gasteiger partial charge in [0.05, 0.1) is 10.4 Å². The third-order valence-electron chi connectivity index (χ3n) is 8.20. The maximum Gasteiger partial charge on any atom is 0.306 e. The predicted molar refractivity (Wildman–Crippen MR) is 99.0 cm³/mol. The molecule has 4 heteroatoms. The van der Waals surface area contributed by atoms with Crippen LogP contribution in [0.5, 0.6) is 0 Å². The van der Waals surface area contributed by atoms with Crippen molar-refractivity contribution in [3.63, 3.8) is 0 Å². The fourth-order valence-electron chi connectivity index (χ4n) is 6.85. The van der Waals surface area contributed by atoms with Crippen molar-refractivity contribution in [1.29, 1.82) is 0 Å². The maximum atomic E-state index is 11.8. The molecule has 3 aliphatic carbocycles. The highest BCUT2D eigenvalue weighted by Crippen LogP contribution is 2.66. The number of allylic oxidation sites excluding steroid dienone is 2. The fourth-order valence-corrected chi connectivity index (χ4v) is 7.65. The molecule has 0 spiro atoms. The first-order valence-electron chi connectivity index (χ1n) is 9.81. The van der Waals surface area contributed by atoms with E-state index in [9.17, 15) is 4.79 Å². The second kappa shape index (κ2) is 5.42. The summed E-state index contributed by atoms with van der Waals surface area (Å²) in [7, 11) is 0.